The minimum absolute atomic E-state index is 0.0449. The van der Waals surface area contributed by atoms with Crippen molar-refractivity contribution in [2.24, 2.45) is 0 Å². The molecule has 3 rings (SSSR count). The molecule has 0 radical (unpaired) electrons. The summed E-state index contributed by atoms with van der Waals surface area (Å²) in [6.07, 6.45) is 19.5. The SMILES string of the molecule is CCCCCCCCCCCCCCCCCOC(=O)CCC(=O)Nc1ccc(-c2nn3nc(C(C)(C)C)c(Cl)c3[nH]2)c(OC)c1. The van der Waals surface area contributed by atoms with Gasteiger partial charge in [-0.3, -0.25) is 9.59 Å². The Labute approximate surface area is 280 Å². The molecule has 1 aromatic carbocycles. The summed E-state index contributed by atoms with van der Waals surface area (Å²) in [6.45, 7) is 8.81. The molecule has 0 saturated heterocycles. The van der Waals surface area contributed by atoms with Gasteiger partial charge in [0.05, 0.1) is 31.4 Å². The number of carbonyl (C=O) groups excluding carboxylic acids is 2. The van der Waals surface area contributed by atoms with Crippen LogP contribution < -0.4 is 10.1 Å². The number of H-pyrrole nitrogens is 1. The van der Waals surface area contributed by atoms with E-state index in [1.807, 2.05) is 20.8 Å². The number of nitrogens with one attached hydrogen (secondary N) is 2. The standard InChI is InChI=1S/C36H56ClN5O4/c1-6-7-8-9-10-11-12-13-14-15-16-17-18-19-20-25-46-31(44)24-23-30(43)38-27-21-22-28(29(26-27)45-5)34-39-35-32(37)33(36(2,3)4)40-42(35)41-34/h21-22,26H,6-20,23-25H2,1-5H3,(H,38,43)(H,39,41). The average molecular weight is 658 g/mol. The van der Waals surface area contributed by atoms with Crippen LogP contribution in [-0.2, 0) is 19.7 Å². The Morgan fingerprint density at radius 2 is 1.46 bits per heavy atom. The Morgan fingerprint density at radius 3 is 2.00 bits per heavy atom. The van der Waals surface area contributed by atoms with E-state index in [-0.39, 0.29) is 30.1 Å². The third kappa shape index (κ3) is 12.3. The molecule has 2 N–H and O–H groups in total. The molecule has 0 aliphatic rings. The van der Waals surface area contributed by atoms with Crippen molar-refractivity contribution in [3.63, 3.8) is 0 Å². The number of nitrogens with zero attached hydrogens (tertiary/aromatic N) is 3. The Hall–Kier alpha value is -3.07. The fourth-order valence-electron chi connectivity index (χ4n) is 5.53. The number of halogens is 1. The van der Waals surface area contributed by atoms with Crippen molar-refractivity contribution in [3.8, 4) is 17.1 Å². The number of fused-ring (bicyclic) bond motifs is 1. The predicted octanol–water partition coefficient (Wildman–Crippen LogP) is 9.82. The fraction of sp³-hybridized carbons (Fsp3) is 0.667. The van der Waals surface area contributed by atoms with Crippen LogP contribution >= 0.6 is 11.6 Å². The molecule has 10 heteroatoms. The lowest BCUT2D eigenvalue weighted by molar-refractivity contribution is -0.144. The Kier molecular flexibility index (Phi) is 15.9. The van der Waals surface area contributed by atoms with Crippen LogP contribution in [-0.4, -0.2) is 45.4 Å². The van der Waals surface area contributed by atoms with Crippen LogP contribution in [0.1, 0.15) is 143 Å². The van der Waals surface area contributed by atoms with Crippen molar-refractivity contribution < 1.29 is 19.1 Å². The minimum Gasteiger partial charge on any atom is -0.496 e. The highest BCUT2D eigenvalue weighted by atomic mass is 35.5. The van der Waals surface area contributed by atoms with Crippen LogP contribution in [0.5, 0.6) is 5.75 Å². The number of hydrogen-bond donors (Lipinski definition) is 2. The van der Waals surface area contributed by atoms with Gasteiger partial charge in [0.15, 0.2) is 11.5 Å². The summed E-state index contributed by atoms with van der Waals surface area (Å²) in [5.74, 6) is 0.447. The van der Waals surface area contributed by atoms with Gasteiger partial charge in [-0.1, -0.05) is 129 Å². The van der Waals surface area contributed by atoms with E-state index in [0.717, 1.165) is 18.5 Å². The average Bonchev–Trinajstić information content (AvgIpc) is 3.58. The zero-order valence-electron chi connectivity index (χ0n) is 28.8. The molecule has 256 valence electrons. The highest BCUT2D eigenvalue weighted by Gasteiger charge is 2.25. The zero-order valence-corrected chi connectivity index (χ0v) is 29.6. The van der Waals surface area contributed by atoms with Gasteiger partial charge in [0.1, 0.15) is 10.8 Å². The third-order valence-electron chi connectivity index (χ3n) is 8.26. The van der Waals surface area contributed by atoms with Crippen LogP contribution in [0.3, 0.4) is 0 Å². The minimum atomic E-state index is -0.343. The Balaban J connectivity index is 1.27. The van der Waals surface area contributed by atoms with E-state index in [1.54, 1.807) is 25.3 Å². The number of anilines is 1. The number of hydrogen-bond acceptors (Lipinski definition) is 6. The maximum Gasteiger partial charge on any atom is 0.306 e. The fourth-order valence-corrected chi connectivity index (χ4v) is 5.98. The van der Waals surface area contributed by atoms with Gasteiger partial charge in [-0.05, 0) is 18.6 Å². The van der Waals surface area contributed by atoms with Crippen LogP contribution in [0.15, 0.2) is 18.2 Å². The first-order chi connectivity index (χ1) is 22.1. The Morgan fingerprint density at radius 1 is 0.870 bits per heavy atom. The van der Waals surface area contributed by atoms with Gasteiger partial charge >= 0.3 is 5.97 Å². The van der Waals surface area contributed by atoms with E-state index >= 15 is 0 Å². The number of esters is 1. The number of benzene rings is 1. The highest BCUT2D eigenvalue weighted by molar-refractivity contribution is 6.34. The van der Waals surface area contributed by atoms with Gasteiger partial charge in [0.25, 0.3) is 0 Å². The molecule has 0 bridgehead atoms. The molecule has 0 fully saturated rings. The highest BCUT2D eigenvalue weighted by Crippen LogP contribution is 2.34. The molecule has 9 nitrogen and oxygen atoms in total. The number of aromatic nitrogens is 4. The van der Waals surface area contributed by atoms with Gasteiger partial charge < -0.3 is 19.8 Å². The third-order valence-corrected chi connectivity index (χ3v) is 8.62. The summed E-state index contributed by atoms with van der Waals surface area (Å²) in [4.78, 5) is 27.9. The predicted molar refractivity (Wildman–Crippen MR) is 187 cm³/mol. The lowest BCUT2D eigenvalue weighted by Crippen LogP contribution is -2.15. The Bertz CT molecular complexity index is 1360. The van der Waals surface area contributed by atoms with E-state index in [9.17, 15) is 9.59 Å². The van der Waals surface area contributed by atoms with Crippen molar-refractivity contribution in [2.75, 3.05) is 19.0 Å². The monoisotopic (exact) mass is 657 g/mol. The number of unbranched alkanes of at least 4 members (excludes halogenated alkanes) is 14. The first-order valence-electron chi connectivity index (χ1n) is 17.4. The van der Waals surface area contributed by atoms with Gasteiger partial charge in [0.2, 0.25) is 5.91 Å². The van der Waals surface area contributed by atoms with Crippen molar-refractivity contribution in [1.82, 2.24) is 19.8 Å². The lowest BCUT2D eigenvalue weighted by atomic mass is 9.92. The molecular weight excluding hydrogens is 602 g/mol. The van der Waals surface area contributed by atoms with E-state index < -0.39 is 0 Å². The summed E-state index contributed by atoms with van der Waals surface area (Å²) in [6, 6.07) is 5.28. The summed E-state index contributed by atoms with van der Waals surface area (Å²) in [7, 11) is 1.55. The van der Waals surface area contributed by atoms with Crippen molar-refractivity contribution >= 4 is 34.8 Å². The van der Waals surface area contributed by atoms with Crippen LogP contribution in [0.25, 0.3) is 17.0 Å². The van der Waals surface area contributed by atoms with Gasteiger partial charge in [-0.2, -0.15) is 5.10 Å². The van der Waals surface area contributed by atoms with Gasteiger partial charge in [-0.15, -0.1) is 9.73 Å². The molecule has 0 spiro atoms. The van der Waals surface area contributed by atoms with E-state index in [1.165, 1.54) is 88.1 Å². The second-order valence-corrected chi connectivity index (χ2v) is 13.7. The second-order valence-electron chi connectivity index (χ2n) is 13.4. The smallest absolute Gasteiger partial charge is 0.306 e. The molecule has 3 aromatic rings. The number of ether oxygens (including phenoxy) is 2. The number of rotatable bonds is 22. The molecule has 2 aromatic heterocycles. The van der Waals surface area contributed by atoms with Gasteiger partial charge in [0, 0.05) is 23.6 Å². The summed E-state index contributed by atoms with van der Waals surface area (Å²) >= 11 is 6.57. The summed E-state index contributed by atoms with van der Waals surface area (Å²) in [5.41, 5.74) is 2.40. The molecule has 0 unspecified atom stereocenters. The number of methoxy groups -OCH3 is 1. The van der Waals surface area contributed by atoms with Gasteiger partial charge in [-0.25, -0.2) is 0 Å². The van der Waals surface area contributed by atoms with Crippen molar-refractivity contribution in [1.29, 1.82) is 0 Å². The molecule has 46 heavy (non-hydrogen) atoms. The molecule has 1 amide bonds. The van der Waals surface area contributed by atoms with E-state index in [2.05, 4.69) is 27.4 Å². The lowest BCUT2D eigenvalue weighted by Gasteiger charge is -2.14. The van der Waals surface area contributed by atoms with Crippen LogP contribution in [0, 0.1) is 0 Å². The largest absolute Gasteiger partial charge is 0.496 e. The normalized spacial score (nSPS) is 11.7. The topological polar surface area (TPSA) is 111 Å². The first-order valence-corrected chi connectivity index (χ1v) is 17.8. The number of amides is 1. The maximum absolute atomic E-state index is 12.5. The second kappa shape index (κ2) is 19.6. The summed E-state index contributed by atoms with van der Waals surface area (Å²) in [5, 5.41) is 12.4. The van der Waals surface area contributed by atoms with Crippen LogP contribution in [0.4, 0.5) is 5.69 Å². The molecule has 0 atom stereocenters. The quantitative estimate of drug-likeness (QED) is 0.0822. The van der Waals surface area contributed by atoms with Crippen molar-refractivity contribution in [2.45, 2.75) is 142 Å². The first kappa shape index (κ1) is 37.4. The van der Waals surface area contributed by atoms with Crippen LogP contribution in [0.2, 0.25) is 5.02 Å². The van der Waals surface area contributed by atoms with Crippen molar-refractivity contribution in [3.05, 3.63) is 28.9 Å². The molecule has 0 aliphatic carbocycles. The molecule has 0 saturated carbocycles. The molecule has 2 heterocycles. The van der Waals surface area contributed by atoms with E-state index in [0.29, 0.717) is 40.1 Å². The van der Waals surface area contributed by atoms with E-state index in [4.69, 9.17) is 21.1 Å². The summed E-state index contributed by atoms with van der Waals surface area (Å²) < 4.78 is 12.4. The maximum atomic E-state index is 12.5. The molecule has 0 aliphatic heterocycles. The zero-order chi connectivity index (χ0) is 33.4. The molecular formula is C36H56ClN5O4. The number of aromatic amines is 1. The number of carbonyl (C=O) groups is 2.